The molecule has 0 fully saturated rings. The first-order valence-corrected chi connectivity index (χ1v) is 6.80. The minimum absolute atomic E-state index is 0.196. The molecule has 0 saturated carbocycles. The third-order valence-electron chi connectivity index (χ3n) is 2.94. The second kappa shape index (κ2) is 7.87. The van der Waals surface area contributed by atoms with Gasteiger partial charge in [-0.15, -0.1) is 0 Å². The number of nitrogens with one attached hydrogen (secondary N) is 1. The van der Waals surface area contributed by atoms with Crippen LogP contribution in [-0.4, -0.2) is 25.5 Å². The van der Waals surface area contributed by atoms with Crippen LogP contribution in [0.4, 0.5) is 5.69 Å². The van der Waals surface area contributed by atoms with Crippen LogP contribution < -0.4 is 11.1 Å². The van der Waals surface area contributed by atoms with Crippen molar-refractivity contribution in [3.8, 4) is 0 Å². The van der Waals surface area contributed by atoms with Crippen LogP contribution in [0.25, 0.3) is 0 Å². The summed E-state index contributed by atoms with van der Waals surface area (Å²) in [6.45, 7) is 2.26. The van der Waals surface area contributed by atoms with Gasteiger partial charge in [-0.1, -0.05) is 24.9 Å². The fourth-order valence-corrected chi connectivity index (χ4v) is 1.97. The van der Waals surface area contributed by atoms with E-state index in [1.165, 1.54) is 19.2 Å². The molecule has 0 radical (unpaired) electrons. The van der Waals surface area contributed by atoms with Crippen LogP contribution in [0.5, 0.6) is 0 Å². The van der Waals surface area contributed by atoms with Crippen molar-refractivity contribution in [1.29, 1.82) is 0 Å². The number of anilines is 1. The number of methoxy groups -OCH3 is 1. The molecule has 0 heterocycles. The minimum Gasteiger partial charge on any atom is -0.465 e. The van der Waals surface area contributed by atoms with E-state index in [0.29, 0.717) is 22.7 Å². The van der Waals surface area contributed by atoms with Crippen molar-refractivity contribution in [2.24, 2.45) is 11.7 Å². The lowest BCUT2D eigenvalue weighted by Gasteiger charge is -2.15. The number of carbonyl (C=O) groups is 2. The highest BCUT2D eigenvalue weighted by atomic mass is 35.5. The Morgan fingerprint density at radius 1 is 1.45 bits per heavy atom. The number of rotatable bonds is 6. The number of hydrogen-bond acceptors (Lipinski definition) is 4. The Labute approximate surface area is 123 Å². The molecule has 110 valence electrons. The van der Waals surface area contributed by atoms with Crippen LogP contribution in [0.1, 0.15) is 30.1 Å². The summed E-state index contributed by atoms with van der Waals surface area (Å²) >= 11 is 6.02. The predicted molar refractivity (Wildman–Crippen MR) is 78.9 cm³/mol. The van der Waals surface area contributed by atoms with Gasteiger partial charge in [0.25, 0.3) is 0 Å². The molecule has 1 aromatic rings. The topological polar surface area (TPSA) is 81.4 Å². The Balaban J connectivity index is 2.90. The van der Waals surface area contributed by atoms with Gasteiger partial charge in [-0.05, 0) is 24.6 Å². The van der Waals surface area contributed by atoms with Gasteiger partial charge in [-0.2, -0.15) is 0 Å². The second-order valence-corrected chi connectivity index (χ2v) is 4.80. The molecule has 5 nitrogen and oxygen atoms in total. The molecule has 0 aliphatic rings. The number of halogens is 1. The van der Waals surface area contributed by atoms with Crippen LogP contribution in [0.2, 0.25) is 5.02 Å². The highest BCUT2D eigenvalue weighted by Crippen LogP contribution is 2.24. The molecular weight excluding hydrogens is 280 g/mol. The number of amides is 1. The summed E-state index contributed by atoms with van der Waals surface area (Å²) < 4.78 is 4.63. The normalized spacial score (nSPS) is 11.8. The zero-order valence-electron chi connectivity index (χ0n) is 11.6. The SMILES string of the molecule is CCCC(CN)C(=O)Nc1cc(C(=O)OC)ccc1Cl. The monoisotopic (exact) mass is 298 g/mol. The van der Waals surface area contributed by atoms with Gasteiger partial charge in [0, 0.05) is 6.54 Å². The Morgan fingerprint density at radius 3 is 2.70 bits per heavy atom. The summed E-state index contributed by atoms with van der Waals surface area (Å²) in [5.74, 6) is -0.947. The van der Waals surface area contributed by atoms with E-state index in [1.807, 2.05) is 6.92 Å². The molecule has 0 aromatic heterocycles. The lowest BCUT2D eigenvalue weighted by atomic mass is 10.0. The molecule has 1 amide bonds. The van der Waals surface area contributed by atoms with Crippen LogP contribution in [0, 0.1) is 5.92 Å². The largest absolute Gasteiger partial charge is 0.465 e. The van der Waals surface area contributed by atoms with Gasteiger partial charge in [-0.3, -0.25) is 4.79 Å². The van der Waals surface area contributed by atoms with E-state index in [2.05, 4.69) is 10.1 Å². The van der Waals surface area contributed by atoms with Gasteiger partial charge in [0.05, 0.1) is 29.3 Å². The average Bonchev–Trinajstić information content (AvgIpc) is 2.45. The van der Waals surface area contributed by atoms with Crippen LogP contribution in [0.3, 0.4) is 0 Å². The molecule has 0 aliphatic heterocycles. The van der Waals surface area contributed by atoms with E-state index in [1.54, 1.807) is 6.07 Å². The highest BCUT2D eigenvalue weighted by molar-refractivity contribution is 6.33. The van der Waals surface area contributed by atoms with E-state index >= 15 is 0 Å². The maximum atomic E-state index is 12.1. The average molecular weight is 299 g/mol. The number of hydrogen-bond donors (Lipinski definition) is 2. The molecule has 1 aromatic carbocycles. The lowest BCUT2D eigenvalue weighted by molar-refractivity contribution is -0.119. The number of nitrogens with two attached hydrogens (primary N) is 1. The second-order valence-electron chi connectivity index (χ2n) is 4.40. The zero-order valence-corrected chi connectivity index (χ0v) is 12.4. The van der Waals surface area contributed by atoms with Crippen molar-refractivity contribution in [3.05, 3.63) is 28.8 Å². The highest BCUT2D eigenvalue weighted by Gasteiger charge is 2.18. The summed E-state index contributed by atoms with van der Waals surface area (Å²) in [5, 5.41) is 3.07. The van der Waals surface area contributed by atoms with Gasteiger partial charge in [0.2, 0.25) is 5.91 Å². The predicted octanol–water partition coefficient (Wildman–Crippen LogP) is 2.44. The first-order chi connectivity index (χ1) is 9.53. The molecular formula is C14H19ClN2O3. The van der Waals surface area contributed by atoms with Gasteiger partial charge >= 0.3 is 5.97 Å². The fraction of sp³-hybridized carbons (Fsp3) is 0.429. The van der Waals surface area contributed by atoms with Crippen LogP contribution in [-0.2, 0) is 9.53 Å². The summed E-state index contributed by atoms with van der Waals surface area (Å²) in [6.07, 6.45) is 1.57. The maximum Gasteiger partial charge on any atom is 0.337 e. The van der Waals surface area contributed by atoms with Crippen LogP contribution >= 0.6 is 11.6 Å². The fourth-order valence-electron chi connectivity index (χ4n) is 1.81. The third kappa shape index (κ3) is 4.21. The minimum atomic E-state index is -0.485. The third-order valence-corrected chi connectivity index (χ3v) is 3.27. The van der Waals surface area contributed by atoms with E-state index in [9.17, 15) is 9.59 Å². The Morgan fingerprint density at radius 2 is 2.15 bits per heavy atom. The van der Waals surface area contributed by atoms with E-state index in [-0.39, 0.29) is 18.4 Å². The van der Waals surface area contributed by atoms with Crippen molar-refractivity contribution >= 4 is 29.2 Å². The molecule has 20 heavy (non-hydrogen) atoms. The van der Waals surface area contributed by atoms with Crippen molar-refractivity contribution in [2.75, 3.05) is 19.0 Å². The standard InChI is InChI=1S/C14H19ClN2O3/c1-3-4-10(8-16)13(18)17-12-7-9(14(19)20-2)5-6-11(12)15/h5-7,10H,3-4,8,16H2,1-2H3,(H,17,18). The number of ether oxygens (including phenoxy) is 1. The Hall–Kier alpha value is -1.59. The molecule has 1 unspecified atom stereocenters. The molecule has 3 N–H and O–H groups in total. The van der Waals surface area contributed by atoms with E-state index in [4.69, 9.17) is 17.3 Å². The molecule has 0 saturated heterocycles. The van der Waals surface area contributed by atoms with Gasteiger partial charge in [-0.25, -0.2) is 4.79 Å². The van der Waals surface area contributed by atoms with Crippen molar-refractivity contribution < 1.29 is 14.3 Å². The lowest BCUT2D eigenvalue weighted by Crippen LogP contribution is -2.29. The number of carbonyl (C=O) groups excluding carboxylic acids is 2. The zero-order chi connectivity index (χ0) is 15.1. The van der Waals surface area contributed by atoms with E-state index < -0.39 is 5.97 Å². The maximum absolute atomic E-state index is 12.1. The van der Waals surface area contributed by atoms with Crippen molar-refractivity contribution in [1.82, 2.24) is 0 Å². The van der Waals surface area contributed by atoms with Gasteiger partial charge in [0.15, 0.2) is 0 Å². The smallest absolute Gasteiger partial charge is 0.337 e. The Kier molecular flexibility index (Phi) is 6.48. The molecule has 1 atom stereocenters. The number of benzene rings is 1. The molecule has 0 bridgehead atoms. The first kappa shape index (κ1) is 16.5. The molecule has 1 rings (SSSR count). The first-order valence-electron chi connectivity index (χ1n) is 6.42. The summed E-state index contributed by atoms with van der Waals surface area (Å²) in [6, 6.07) is 4.57. The van der Waals surface area contributed by atoms with Gasteiger partial charge in [0.1, 0.15) is 0 Å². The Bertz CT molecular complexity index is 491. The molecule has 6 heteroatoms. The van der Waals surface area contributed by atoms with Gasteiger partial charge < -0.3 is 15.8 Å². The summed E-state index contributed by atoms with van der Waals surface area (Å²) in [4.78, 5) is 23.5. The molecule has 0 spiro atoms. The quantitative estimate of drug-likeness (QED) is 0.790. The molecule has 0 aliphatic carbocycles. The van der Waals surface area contributed by atoms with E-state index in [0.717, 1.165) is 6.42 Å². The number of esters is 1. The van der Waals surface area contributed by atoms with Crippen molar-refractivity contribution in [2.45, 2.75) is 19.8 Å². The summed E-state index contributed by atoms with van der Waals surface area (Å²) in [7, 11) is 1.29. The summed E-state index contributed by atoms with van der Waals surface area (Å²) in [5.41, 5.74) is 6.29. The van der Waals surface area contributed by atoms with Crippen molar-refractivity contribution in [3.63, 3.8) is 0 Å². The van der Waals surface area contributed by atoms with Crippen LogP contribution in [0.15, 0.2) is 18.2 Å².